The lowest BCUT2D eigenvalue weighted by molar-refractivity contribution is 0.273. The van der Waals surface area contributed by atoms with Crippen molar-refractivity contribution in [3.05, 3.63) is 28.8 Å². The molecular formula is C10H11NO2. The lowest BCUT2D eigenvalue weighted by atomic mass is 10.0. The number of hydrogen-bond acceptors (Lipinski definition) is 3. The number of benzene rings is 1. The molecule has 0 aliphatic heterocycles. The quantitative estimate of drug-likeness (QED) is 0.742. The summed E-state index contributed by atoms with van der Waals surface area (Å²) in [6.45, 7) is 1.70. The Bertz CT molecular complexity index is 353. The largest absolute Gasteiger partial charge is 0.496 e. The van der Waals surface area contributed by atoms with E-state index in [4.69, 9.17) is 15.1 Å². The molecule has 3 heteroatoms. The summed E-state index contributed by atoms with van der Waals surface area (Å²) in [7, 11) is 1.53. The third-order valence-corrected chi connectivity index (χ3v) is 1.94. The molecule has 0 bridgehead atoms. The van der Waals surface area contributed by atoms with Crippen LogP contribution in [0.15, 0.2) is 12.1 Å². The number of ether oxygens (including phenoxy) is 1. The second kappa shape index (κ2) is 3.92. The van der Waals surface area contributed by atoms with E-state index >= 15 is 0 Å². The van der Waals surface area contributed by atoms with Crippen molar-refractivity contribution in [2.24, 2.45) is 0 Å². The van der Waals surface area contributed by atoms with Crippen molar-refractivity contribution in [2.45, 2.75) is 13.5 Å². The molecule has 1 aromatic rings. The zero-order valence-corrected chi connectivity index (χ0v) is 7.66. The molecule has 0 saturated carbocycles. The van der Waals surface area contributed by atoms with E-state index in [2.05, 4.69) is 0 Å². The molecule has 1 aromatic carbocycles. The van der Waals surface area contributed by atoms with E-state index in [1.807, 2.05) is 13.0 Å². The molecule has 0 aliphatic rings. The van der Waals surface area contributed by atoms with Crippen LogP contribution in [0.2, 0.25) is 0 Å². The number of aliphatic hydroxyl groups is 1. The summed E-state index contributed by atoms with van der Waals surface area (Å²) in [6, 6.07) is 5.49. The van der Waals surface area contributed by atoms with Gasteiger partial charge in [0.15, 0.2) is 0 Å². The van der Waals surface area contributed by atoms with Gasteiger partial charge in [0.2, 0.25) is 0 Å². The summed E-state index contributed by atoms with van der Waals surface area (Å²) in [5.74, 6) is 0.599. The fraction of sp³-hybridized carbons (Fsp3) is 0.300. The van der Waals surface area contributed by atoms with Gasteiger partial charge in [-0.05, 0) is 18.6 Å². The summed E-state index contributed by atoms with van der Waals surface area (Å²) >= 11 is 0. The molecule has 0 heterocycles. The maximum atomic E-state index is 9.05. The lowest BCUT2D eigenvalue weighted by Crippen LogP contribution is -1.97. The van der Waals surface area contributed by atoms with E-state index in [9.17, 15) is 0 Å². The van der Waals surface area contributed by atoms with E-state index in [-0.39, 0.29) is 6.61 Å². The Morgan fingerprint density at radius 2 is 2.23 bits per heavy atom. The van der Waals surface area contributed by atoms with Crippen LogP contribution in [-0.2, 0) is 6.61 Å². The van der Waals surface area contributed by atoms with Crippen LogP contribution in [0, 0.1) is 18.3 Å². The summed E-state index contributed by atoms with van der Waals surface area (Å²) < 4.78 is 5.10. The molecule has 0 spiro atoms. The van der Waals surface area contributed by atoms with Crippen LogP contribution in [0.5, 0.6) is 5.75 Å². The summed E-state index contributed by atoms with van der Waals surface area (Å²) in [4.78, 5) is 0. The van der Waals surface area contributed by atoms with E-state index in [0.717, 1.165) is 5.56 Å². The topological polar surface area (TPSA) is 53.2 Å². The summed E-state index contributed by atoms with van der Waals surface area (Å²) in [6.07, 6.45) is 0. The van der Waals surface area contributed by atoms with Gasteiger partial charge in [0.25, 0.3) is 0 Å². The maximum absolute atomic E-state index is 9.05. The highest BCUT2D eigenvalue weighted by atomic mass is 16.5. The Balaban J connectivity index is 3.38. The summed E-state index contributed by atoms with van der Waals surface area (Å²) in [5.41, 5.74) is 1.94. The minimum Gasteiger partial charge on any atom is -0.496 e. The highest BCUT2D eigenvalue weighted by Crippen LogP contribution is 2.26. The first kappa shape index (κ1) is 9.56. The third-order valence-electron chi connectivity index (χ3n) is 1.94. The van der Waals surface area contributed by atoms with E-state index < -0.39 is 0 Å². The van der Waals surface area contributed by atoms with Crippen molar-refractivity contribution < 1.29 is 9.84 Å². The molecule has 0 aliphatic carbocycles. The Morgan fingerprint density at radius 3 is 2.69 bits per heavy atom. The van der Waals surface area contributed by atoms with Gasteiger partial charge in [-0.15, -0.1) is 0 Å². The number of aliphatic hydroxyl groups excluding tert-OH is 1. The van der Waals surface area contributed by atoms with Crippen LogP contribution in [0.1, 0.15) is 16.7 Å². The average Bonchev–Trinajstić information content (AvgIpc) is 2.17. The molecule has 68 valence electrons. The van der Waals surface area contributed by atoms with Gasteiger partial charge in [-0.2, -0.15) is 5.26 Å². The third kappa shape index (κ3) is 1.63. The number of hydrogen-bond donors (Lipinski definition) is 1. The molecule has 1 rings (SSSR count). The van der Waals surface area contributed by atoms with Crippen LogP contribution in [0.25, 0.3) is 0 Å². The highest BCUT2D eigenvalue weighted by molar-refractivity contribution is 5.50. The van der Waals surface area contributed by atoms with Crippen LogP contribution in [0.3, 0.4) is 0 Å². The van der Waals surface area contributed by atoms with Gasteiger partial charge >= 0.3 is 0 Å². The Labute approximate surface area is 77.2 Å². The fourth-order valence-corrected chi connectivity index (χ4v) is 1.29. The molecular weight excluding hydrogens is 166 g/mol. The second-order valence-electron chi connectivity index (χ2n) is 2.71. The number of nitriles is 1. The molecule has 1 N–H and O–H groups in total. The van der Waals surface area contributed by atoms with E-state index in [1.165, 1.54) is 7.11 Å². The Kier molecular flexibility index (Phi) is 2.88. The predicted octanol–water partition coefficient (Wildman–Crippen LogP) is 1.37. The molecule has 13 heavy (non-hydrogen) atoms. The normalized spacial score (nSPS) is 9.38. The molecule has 0 amide bonds. The van der Waals surface area contributed by atoms with Crippen molar-refractivity contribution >= 4 is 0 Å². The minimum absolute atomic E-state index is 0.173. The minimum atomic E-state index is -0.173. The molecule has 0 aromatic heterocycles. The number of methoxy groups -OCH3 is 1. The molecule has 0 saturated heterocycles. The van der Waals surface area contributed by atoms with Crippen molar-refractivity contribution in [2.75, 3.05) is 7.11 Å². The van der Waals surface area contributed by atoms with Crippen molar-refractivity contribution in [1.82, 2.24) is 0 Å². The first-order valence-corrected chi connectivity index (χ1v) is 3.92. The van der Waals surface area contributed by atoms with Crippen molar-refractivity contribution in [3.63, 3.8) is 0 Å². The predicted molar refractivity (Wildman–Crippen MR) is 48.4 cm³/mol. The first-order chi connectivity index (χ1) is 6.24. The van der Waals surface area contributed by atoms with Crippen LogP contribution >= 0.6 is 0 Å². The molecule has 0 atom stereocenters. The SMILES string of the molecule is COc1c(C)ccc(C#N)c1CO. The average molecular weight is 177 g/mol. The lowest BCUT2D eigenvalue weighted by Gasteiger charge is -2.10. The highest BCUT2D eigenvalue weighted by Gasteiger charge is 2.10. The molecule has 3 nitrogen and oxygen atoms in total. The van der Waals surface area contributed by atoms with Crippen LogP contribution < -0.4 is 4.74 Å². The second-order valence-corrected chi connectivity index (χ2v) is 2.71. The first-order valence-electron chi connectivity index (χ1n) is 3.92. The fourth-order valence-electron chi connectivity index (χ4n) is 1.29. The number of aryl methyl sites for hydroxylation is 1. The Morgan fingerprint density at radius 1 is 1.54 bits per heavy atom. The van der Waals surface area contributed by atoms with E-state index in [1.54, 1.807) is 12.1 Å². The van der Waals surface area contributed by atoms with Crippen LogP contribution in [-0.4, -0.2) is 12.2 Å². The van der Waals surface area contributed by atoms with Gasteiger partial charge in [0.1, 0.15) is 5.75 Å². The van der Waals surface area contributed by atoms with Gasteiger partial charge in [-0.1, -0.05) is 6.07 Å². The van der Waals surface area contributed by atoms with E-state index in [0.29, 0.717) is 16.9 Å². The van der Waals surface area contributed by atoms with Crippen molar-refractivity contribution in [1.29, 1.82) is 5.26 Å². The zero-order valence-electron chi connectivity index (χ0n) is 7.66. The van der Waals surface area contributed by atoms with Gasteiger partial charge in [-0.3, -0.25) is 0 Å². The number of rotatable bonds is 2. The summed E-state index contributed by atoms with van der Waals surface area (Å²) in [5, 5.41) is 17.8. The van der Waals surface area contributed by atoms with Gasteiger partial charge in [-0.25, -0.2) is 0 Å². The maximum Gasteiger partial charge on any atom is 0.128 e. The smallest absolute Gasteiger partial charge is 0.128 e. The standard InChI is InChI=1S/C10H11NO2/c1-7-3-4-8(5-11)9(6-12)10(7)13-2/h3-4,12H,6H2,1-2H3. The monoisotopic (exact) mass is 177 g/mol. The van der Waals surface area contributed by atoms with Crippen molar-refractivity contribution in [3.8, 4) is 11.8 Å². The molecule has 0 fully saturated rings. The zero-order chi connectivity index (χ0) is 9.84. The Hall–Kier alpha value is -1.53. The van der Waals surface area contributed by atoms with Gasteiger partial charge < -0.3 is 9.84 Å². The van der Waals surface area contributed by atoms with Gasteiger partial charge in [0, 0.05) is 5.56 Å². The van der Waals surface area contributed by atoms with Gasteiger partial charge in [0.05, 0.1) is 25.3 Å². The van der Waals surface area contributed by atoms with Crippen LogP contribution in [0.4, 0.5) is 0 Å². The molecule has 0 radical (unpaired) electrons. The number of nitrogens with zero attached hydrogens (tertiary/aromatic N) is 1. The molecule has 0 unspecified atom stereocenters.